The highest BCUT2D eigenvalue weighted by molar-refractivity contribution is 7.89. The first-order valence-corrected chi connectivity index (χ1v) is 10.7. The third kappa shape index (κ3) is 5.25. The molecule has 0 aliphatic carbocycles. The van der Waals surface area contributed by atoms with Crippen molar-refractivity contribution in [2.24, 2.45) is 0 Å². The van der Waals surface area contributed by atoms with E-state index in [2.05, 4.69) is 15.1 Å². The molecule has 0 aliphatic heterocycles. The maximum atomic E-state index is 12.5. The molecule has 0 saturated heterocycles. The van der Waals surface area contributed by atoms with E-state index < -0.39 is 10.0 Å². The zero-order valence-corrected chi connectivity index (χ0v) is 16.3. The highest BCUT2D eigenvalue weighted by Crippen LogP contribution is 2.14. The summed E-state index contributed by atoms with van der Waals surface area (Å²) in [5, 5.41) is 8.84. The predicted molar refractivity (Wildman–Crippen MR) is 104 cm³/mol. The number of nitrogens with zero attached hydrogens (tertiary/aromatic N) is 2. The summed E-state index contributed by atoms with van der Waals surface area (Å²) in [6.45, 7) is 2.61. The van der Waals surface area contributed by atoms with E-state index in [-0.39, 0.29) is 23.4 Å². The molecule has 3 rings (SSSR count). The molecule has 0 radical (unpaired) electrons. The summed E-state index contributed by atoms with van der Waals surface area (Å²) in [5.41, 5.74) is 0.293. The monoisotopic (exact) mass is 404 g/mol. The number of hydrogen-bond donors (Lipinski definition) is 2. The van der Waals surface area contributed by atoms with Gasteiger partial charge < -0.3 is 5.32 Å². The second kappa shape index (κ2) is 8.47. The van der Waals surface area contributed by atoms with Crippen molar-refractivity contribution in [3.8, 4) is 0 Å². The van der Waals surface area contributed by atoms with Gasteiger partial charge in [0.25, 0.3) is 5.91 Å². The number of carbonyl (C=O) groups is 1. The van der Waals surface area contributed by atoms with Crippen LogP contribution in [-0.2, 0) is 23.1 Å². The van der Waals surface area contributed by atoms with E-state index in [1.807, 2.05) is 36.7 Å². The summed E-state index contributed by atoms with van der Waals surface area (Å²) in [6, 6.07) is 11.4. The molecule has 27 heavy (non-hydrogen) atoms. The Labute approximate surface area is 162 Å². The Morgan fingerprint density at radius 1 is 1.26 bits per heavy atom. The lowest BCUT2D eigenvalue weighted by Gasteiger charge is -2.14. The fourth-order valence-corrected chi connectivity index (χ4v) is 4.30. The molecule has 142 valence electrons. The SMILES string of the molecule is CC(Cn1cccn1)NC(=O)c1cccc(S(=O)(=O)NCc2cccs2)c1. The van der Waals surface area contributed by atoms with Crippen molar-refractivity contribution in [1.82, 2.24) is 19.8 Å². The molecule has 2 heterocycles. The maximum Gasteiger partial charge on any atom is 0.251 e. The number of amides is 1. The molecule has 9 heteroatoms. The number of hydrogen-bond acceptors (Lipinski definition) is 5. The molecule has 2 aromatic heterocycles. The Morgan fingerprint density at radius 2 is 2.11 bits per heavy atom. The largest absolute Gasteiger partial charge is 0.348 e. The van der Waals surface area contributed by atoms with Gasteiger partial charge in [-0.05, 0) is 42.6 Å². The van der Waals surface area contributed by atoms with Crippen molar-refractivity contribution in [3.05, 3.63) is 70.7 Å². The van der Waals surface area contributed by atoms with E-state index in [4.69, 9.17) is 0 Å². The van der Waals surface area contributed by atoms with E-state index in [9.17, 15) is 13.2 Å². The second-order valence-corrected chi connectivity index (χ2v) is 8.83. The van der Waals surface area contributed by atoms with E-state index in [1.165, 1.54) is 23.5 Å². The van der Waals surface area contributed by atoms with Crippen LogP contribution < -0.4 is 10.0 Å². The number of benzene rings is 1. The lowest BCUT2D eigenvalue weighted by atomic mass is 10.2. The van der Waals surface area contributed by atoms with Crippen molar-refractivity contribution in [2.45, 2.75) is 31.0 Å². The first kappa shape index (κ1) is 19.3. The lowest BCUT2D eigenvalue weighted by molar-refractivity contribution is 0.0936. The molecule has 0 aliphatic rings. The average molecular weight is 405 g/mol. The van der Waals surface area contributed by atoms with Gasteiger partial charge in [-0.1, -0.05) is 12.1 Å². The highest BCUT2D eigenvalue weighted by atomic mass is 32.2. The fraction of sp³-hybridized carbons (Fsp3) is 0.222. The van der Waals surface area contributed by atoms with E-state index >= 15 is 0 Å². The first-order valence-electron chi connectivity index (χ1n) is 8.34. The summed E-state index contributed by atoms with van der Waals surface area (Å²) in [7, 11) is -3.70. The Balaban J connectivity index is 1.65. The van der Waals surface area contributed by atoms with Crippen molar-refractivity contribution in [1.29, 1.82) is 0 Å². The van der Waals surface area contributed by atoms with Gasteiger partial charge in [0.15, 0.2) is 0 Å². The van der Waals surface area contributed by atoms with Crippen molar-refractivity contribution < 1.29 is 13.2 Å². The van der Waals surface area contributed by atoms with Crippen LogP contribution in [0.15, 0.2) is 65.1 Å². The maximum absolute atomic E-state index is 12.5. The van der Waals surface area contributed by atoms with Gasteiger partial charge in [0.1, 0.15) is 0 Å². The molecule has 0 bridgehead atoms. The van der Waals surface area contributed by atoms with Gasteiger partial charge >= 0.3 is 0 Å². The van der Waals surface area contributed by atoms with Crippen LogP contribution in [0, 0.1) is 0 Å². The average Bonchev–Trinajstić information content (AvgIpc) is 3.34. The van der Waals surface area contributed by atoms with E-state index in [1.54, 1.807) is 23.0 Å². The van der Waals surface area contributed by atoms with Gasteiger partial charge in [0, 0.05) is 35.4 Å². The van der Waals surface area contributed by atoms with Gasteiger partial charge in [0.2, 0.25) is 10.0 Å². The number of rotatable bonds is 8. The zero-order valence-electron chi connectivity index (χ0n) is 14.7. The van der Waals surface area contributed by atoms with Crippen molar-refractivity contribution in [2.75, 3.05) is 0 Å². The molecule has 1 aromatic carbocycles. The third-order valence-corrected chi connectivity index (χ3v) is 6.10. The topological polar surface area (TPSA) is 93.1 Å². The molecule has 0 spiro atoms. The second-order valence-electron chi connectivity index (χ2n) is 6.03. The number of aromatic nitrogens is 2. The van der Waals surface area contributed by atoms with Crippen LogP contribution in [-0.4, -0.2) is 30.1 Å². The summed E-state index contributed by atoms with van der Waals surface area (Å²) < 4.78 is 29.2. The van der Waals surface area contributed by atoms with Gasteiger partial charge in [0.05, 0.1) is 11.4 Å². The van der Waals surface area contributed by atoms with E-state index in [0.717, 1.165) is 4.88 Å². The minimum Gasteiger partial charge on any atom is -0.348 e. The number of carbonyl (C=O) groups excluding carboxylic acids is 1. The van der Waals surface area contributed by atoms with Crippen LogP contribution in [0.25, 0.3) is 0 Å². The Kier molecular flexibility index (Phi) is 6.04. The normalized spacial score (nSPS) is 12.6. The minimum atomic E-state index is -3.70. The molecule has 3 aromatic rings. The minimum absolute atomic E-state index is 0.0615. The quantitative estimate of drug-likeness (QED) is 0.602. The third-order valence-electron chi connectivity index (χ3n) is 3.82. The van der Waals surface area contributed by atoms with Crippen LogP contribution in [0.5, 0.6) is 0 Å². The smallest absolute Gasteiger partial charge is 0.251 e. The Bertz CT molecular complexity index is 984. The van der Waals surface area contributed by atoms with Crippen LogP contribution in [0.4, 0.5) is 0 Å². The standard InChI is InChI=1S/C18H20N4O3S2/c1-14(13-22-9-4-8-19-22)21-18(23)15-5-2-7-17(11-15)27(24,25)20-12-16-6-3-10-26-16/h2-11,14,20H,12-13H2,1H3,(H,21,23). The predicted octanol–water partition coefficient (Wildman–Crippen LogP) is 2.24. The molecular weight excluding hydrogens is 384 g/mol. The van der Waals surface area contributed by atoms with Crippen LogP contribution in [0.1, 0.15) is 22.2 Å². The zero-order chi connectivity index (χ0) is 19.3. The Hall–Kier alpha value is -2.49. The number of thiophene rings is 1. The highest BCUT2D eigenvalue weighted by Gasteiger charge is 2.17. The van der Waals surface area contributed by atoms with E-state index in [0.29, 0.717) is 12.1 Å². The van der Waals surface area contributed by atoms with Crippen LogP contribution >= 0.6 is 11.3 Å². The molecular formula is C18H20N4O3S2. The Morgan fingerprint density at radius 3 is 2.81 bits per heavy atom. The summed E-state index contributed by atoms with van der Waals surface area (Å²) in [6.07, 6.45) is 3.49. The van der Waals surface area contributed by atoms with Gasteiger partial charge in [-0.2, -0.15) is 5.10 Å². The fourth-order valence-electron chi connectivity index (χ4n) is 2.51. The van der Waals surface area contributed by atoms with Crippen LogP contribution in [0.3, 0.4) is 0 Å². The molecule has 1 atom stereocenters. The first-order chi connectivity index (χ1) is 12.9. The molecule has 0 fully saturated rings. The van der Waals surface area contributed by atoms with Crippen molar-refractivity contribution >= 4 is 27.3 Å². The van der Waals surface area contributed by atoms with Gasteiger partial charge in [-0.15, -0.1) is 11.3 Å². The molecule has 0 saturated carbocycles. The summed E-state index contributed by atoms with van der Waals surface area (Å²) in [5.74, 6) is -0.329. The molecule has 7 nitrogen and oxygen atoms in total. The molecule has 1 unspecified atom stereocenters. The molecule has 1 amide bonds. The summed E-state index contributed by atoms with van der Waals surface area (Å²) in [4.78, 5) is 13.4. The van der Waals surface area contributed by atoms with Crippen LogP contribution in [0.2, 0.25) is 0 Å². The van der Waals surface area contributed by atoms with Gasteiger partial charge in [-0.25, -0.2) is 13.1 Å². The van der Waals surface area contributed by atoms with Gasteiger partial charge in [-0.3, -0.25) is 9.48 Å². The molecule has 2 N–H and O–H groups in total. The van der Waals surface area contributed by atoms with Crippen molar-refractivity contribution in [3.63, 3.8) is 0 Å². The number of sulfonamides is 1. The lowest BCUT2D eigenvalue weighted by Crippen LogP contribution is -2.36. The summed E-state index contributed by atoms with van der Waals surface area (Å²) >= 11 is 1.48. The number of nitrogens with one attached hydrogen (secondary N) is 2.